The highest BCUT2D eigenvalue weighted by molar-refractivity contribution is 5.28. The van der Waals surface area contributed by atoms with Gasteiger partial charge in [-0.2, -0.15) is 0 Å². The van der Waals surface area contributed by atoms with Crippen LogP contribution >= 0.6 is 0 Å². The molecule has 1 nitrogen and oxygen atoms in total. The number of benzene rings is 1. The molecule has 1 fully saturated rings. The van der Waals surface area contributed by atoms with E-state index in [4.69, 9.17) is 0 Å². The fourth-order valence-corrected chi connectivity index (χ4v) is 2.35. The lowest BCUT2D eigenvalue weighted by molar-refractivity contribution is 0.340. The Morgan fingerprint density at radius 2 is 2.20 bits per heavy atom. The summed E-state index contributed by atoms with van der Waals surface area (Å²) in [5.41, 5.74) is 2.03. The molecule has 1 saturated heterocycles. The first-order valence-electron chi connectivity index (χ1n) is 5.65. The molecule has 1 aliphatic rings. The minimum Gasteiger partial charge on any atom is -0.316 e. The number of halogens is 1. The van der Waals surface area contributed by atoms with Gasteiger partial charge < -0.3 is 5.32 Å². The minimum absolute atomic E-state index is 0.0545. The van der Waals surface area contributed by atoms with E-state index in [-0.39, 0.29) is 5.82 Å². The molecule has 0 bridgehead atoms. The van der Waals surface area contributed by atoms with E-state index in [9.17, 15) is 4.39 Å². The summed E-state index contributed by atoms with van der Waals surface area (Å²) in [5.74, 6) is 0.849. The first-order valence-corrected chi connectivity index (χ1v) is 5.65. The lowest BCUT2D eigenvalue weighted by atomic mass is 9.82. The van der Waals surface area contributed by atoms with Gasteiger partial charge in [-0.3, -0.25) is 0 Å². The summed E-state index contributed by atoms with van der Waals surface area (Å²) in [7, 11) is 0. The lowest BCUT2D eigenvalue weighted by Gasteiger charge is -2.30. The van der Waals surface area contributed by atoms with Crippen molar-refractivity contribution in [2.75, 3.05) is 13.1 Å². The standard InChI is InChI=1S/C13H18FN/c1-9-3-4-13(14)11(7-9)12-8-15-6-5-10(12)2/h3-4,7,10,12,15H,5-6,8H2,1-2H3. The molecule has 0 saturated carbocycles. The second-order valence-electron chi connectivity index (χ2n) is 4.60. The van der Waals surface area contributed by atoms with Gasteiger partial charge in [0.25, 0.3) is 0 Å². The molecular weight excluding hydrogens is 189 g/mol. The molecule has 1 aromatic carbocycles. The van der Waals surface area contributed by atoms with Crippen molar-refractivity contribution in [1.82, 2.24) is 5.32 Å². The van der Waals surface area contributed by atoms with Crippen molar-refractivity contribution in [1.29, 1.82) is 0 Å². The average Bonchev–Trinajstić information content (AvgIpc) is 2.23. The zero-order valence-corrected chi connectivity index (χ0v) is 9.39. The van der Waals surface area contributed by atoms with E-state index in [0.29, 0.717) is 11.8 Å². The minimum atomic E-state index is -0.0545. The monoisotopic (exact) mass is 207 g/mol. The molecule has 0 radical (unpaired) electrons. The molecule has 1 heterocycles. The molecule has 2 unspecified atom stereocenters. The van der Waals surface area contributed by atoms with Crippen molar-refractivity contribution >= 4 is 0 Å². The summed E-state index contributed by atoms with van der Waals surface area (Å²) < 4.78 is 13.7. The van der Waals surface area contributed by atoms with Gasteiger partial charge in [0.15, 0.2) is 0 Å². The van der Waals surface area contributed by atoms with Crippen LogP contribution < -0.4 is 5.32 Å². The van der Waals surface area contributed by atoms with E-state index in [1.54, 1.807) is 6.07 Å². The van der Waals surface area contributed by atoms with Gasteiger partial charge in [-0.25, -0.2) is 4.39 Å². The highest BCUT2D eigenvalue weighted by Gasteiger charge is 2.24. The molecular formula is C13H18FN. The Bertz CT molecular complexity index is 348. The molecule has 2 rings (SSSR count). The largest absolute Gasteiger partial charge is 0.316 e. The lowest BCUT2D eigenvalue weighted by Crippen LogP contribution is -2.34. The number of rotatable bonds is 1. The highest BCUT2D eigenvalue weighted by atomic mass is 19.1. The highest BCUT2D eigenvalue weighted by Crippen LogP contribution is 2.30. The molecule has 15 heavy (non-hydrogen) atoms. The van der Waals surface area contributed by atoms with Crippen LogP contribution in [0.4, 0.5) is 4.39 Å². The van der Waals surface area contributed by atoms with Gasteiger partial charge in [-0.1, -0.05) is 24.6 Å². The quantitative estimate of drug-likeness (QED) is 0.746. The van der Waals surface area contributed by atoms with Gasteiger partial charge in [0.05, 0.1) is 0 Å². The number of piperidine rings is 1. The summed E-state index contributed by atoms with van der Waals surface area (Å²) in [6, 6.07) is 5.41. The van der Waals surface area contributed by atoms with Crippen LogP contribution in [-0.4, -0.2) is 13.1 Å². The summed E-state index contributed by atoms with van der Waals surface area (Å²) >= 11 is 0. The number of aryl methyl sites for hydroxylation is 1. The number of hydrogen-bond acceptors (Lipinski definition) is 1. The Balaban J connectivity index is 2.30. The molecule has 1 N–H and O–H groups in total. The van der Waals surface area contributed by atoms with Crippen LogP contribution in [0.15, 0.2) is 18.2 Å². The van der Waals surface area contributed by atoms with Crippen molar-refractivity contribution < 1.29 is 4.39 Å². The topological polar surface area (TPSA) is 12.0 Å². The van der Waals surface area contributed by atoms with Crippen LogP contribution in [0.25, 0.3) is 0 Å². The zero-order valence-electron chi connectivity index (χ0n) is 9.39. The summed E-state index contributed by atoms with van der Waals surface area (Å²) in [5, 5.41) is 3.34. The predicted octanol–water partition coefficient (Wildman–Crippen LogP) is 2.85. The third-order valence-electron chi connectivity index (χ3n) is 3.38. The van der Waals surface area contributed by atoms with Crippen molar-refractivity contribution in [3.05, 3.63) is 35.1 Å². The molecule has 1 aliphatic heterocycles. The van der Waals surface area contributed by atoms with E-state index in [2.05, 4.69) is 12.2 Å². The third-order valence-corrected chi connectivity index (χ3v) is 3.38. The Morgan fingerprint density at radius 1 is 1.40 bits per heavy atom. The molecule has 1 aromatic rings. The molecule has 0 aliphatic carbocycles. The van der Waals surface area contributed by atoms with Crippen LogP contribution in [0, 0.1) is 18.7 Å². The van der Waals surface area contributed by atoms with E-state index in [0.717, 1.165) is 30.6 Å². The zero-order chi connectivity index (χ0) is 10.8. The van der Waals surface area contributed by atoms with Crippen LogP contribution in [0.5, 0.6) is 0 Å². The summed E-state index contributed by atoms with van der Waals surface area (Å²) in [4.78, 5) is 0. The summed E-state index contributed by atoms with van der Waals surface area (Å²) in [6.07, 6.45) is 1.14. The van der Waals surface area contributed by atoms with Crippen LogP contribution in [-0.2, 0) is 0 Å². The number of nitrogens with one attached hydrogen (secondary N) is 1. The molecule has 2 atom stereocenters. The first kappa shape index (κ1) is 10.6. The van der Waals surface area contributed by atoms with Gasteiger partial charge in [0.1, 0.15) is 5.82 Å². The average molecular weight is 207 g/mol. The van der Waals surface area contributed by atoms with Gasteiger partial charge in [0.2, 0.25) is 0 Å². The first-order chi connectivity index (χ1) is 7.18. The second kappa shape index (κ2) is 4.31. The van der Waals surface area contributed by atoms with Crippen molar-refractivity contribution in [3.63, 3.8) is 0 Å². The maximum atomic E-state index is 13.7. The van der Waals surface area contributed by atoms with Crippen LogP contribution in [0.3, 0.4) is 0 Å². The fourth-order valence-electron chi connectivity index (χ4n) is 2.35. The Kier molecular flexibility index (Phi) is 3.06. The Labute approximate surface area is 90.7 Å². The Hall–Kier alpha value is -0.890. The fraction of sp³-hybridized carbons (Fsp3) is 0.538. The summed E-state index contributed by atoms with van der Waals surface area (Å²) in [6.45, 7) is 6.20. The van der Waals surface area contributed by atoms with Gasteiger partial charge in [0, 0.05) is 12.5 Å². The van der Waals surface area contributed by atoms with Crippen molar-refractivity contribution in [2.24, 2.45) is 5.92 Å². The van der Waals surface area contributed by atoms with Crippen molar-refractivity contribution in [3.8, 4) is 0 Å². The third kappa shape index (κ3) is 2.20. The van der Waals surface area contributed by atoms with E-state index in [1.807, 2.05) is 19.1 Å². The van der Waals surface area contributed by atoms with Crippen LogP contribution in [0.1, 0.15) is 30.4 Å². The maximum absolute atomic E-state index is 13.7. The van der Waals surface area contributed by atoms with E-state index >= 15 is 0 Å². The smallest absolute Gasteiger partial charge is 0.126 e. The second-order valence-corrected chi connectivity index (χ2v) is 4.60. The SMILES string of the molecule is Cc1ccc(F)c(C2CNCCC2C)c1. The van der Waals surface area contributed by atoms with E-state index < -0.39 is 0 Å². The normalized spacial score (nSPS) is 26.6. The van der Waals surface area contributed by atoms with Gasteiger partial charge in [-0.15, -0.1) is 0 Å². The molecule has 2 heteroatoms. The Morgan fingerprint density at radius 3 is 2.93 bits per heavy atom. The molecule has 0 amide bonds. The molecule has 82 valence electrons. The maximum Gasteiger partial charge on any atom is 0.126 e. The van der Waals surface area contributed by atoms with Gasteiger partial charge >= 0.3 is 0 Å². The molecule has 0 aromatic heterocycles. The van der Waals surface area contributed by atoms with Crippen LogP contribution in [0.2, 0.25) is 0 Å². The van der Waals surface area contributed by atoms with Gasteiger partial charge in [-0.05, 0) is 37.4 Å². The molecule has 0 spiro atoms. The predicted molar refractivity (Wildman–Crippen MR) is 60.5 cm³/mol. The van der Waals surface area contributed by atoms with Crippen molar-refractivity contribution in [2.45, 2.75) is 26.2 Å². The van der Waals surface area contributed by atoms with E-state index in [1.165, 1.54) is 0 Å². The number of hydrogen-bond donors (Lipinski definition) is 1.